The molecule has 204 valence electrons. The molecule has 37 heavy (non-hydrogen) atoms. The van der Waals surface area contributed by atoms with E-state index in [1.54, 1.807) is 0 Å². The van der Waals surface area contributed by atoms with Crippen molar-refractivity contribution in [1.29, 1.82) is 0 Å². The molecule has 3 heterocycles. The minimum absolute atomic E-state index is 0.0429. The lowest BCUT2D eigenvalue weighted by atomic mass is 9.91. The van der Waals surface area contributed by atoms with Crippen LogP contribution >= 0.6 is 0 Å². The molecule has 0 spiro atoms. The first-order chi connectivity index (χ1) is 17.8. The van der Waals surface area contributed by atoms with Crippen molar-refractivity contribution in [3.8, 4) is 0 Å². The zero-order chi connectivity index (χ0) is 26.4. The summed E-state index contributed by atoms with van der Waals surface area (Å²) in [4.78, 5) is 49.2. The number of hydroxylamine groups is 2. The summed E-state index contributed by atoms with van der Waals surface area (Å²) in [5.41, 5.74) is -0.239. The van der Waals surface area contributed by atoms with Crippen molar-refractivity contribution in [3.63, 3.8) is 0 Å². The molecule has 4 rings (SSSR count). The zero-order valence-corrected chi connectivity index (χ0v) is 20.7. The van der Waals surface area contributed by atoms with Crippen LogP contribution in [-0.4, -0.2) is 76.3 Å². The van der Waals surface area contributed by atoms with E-state index in [1.165, 1.54) is 4.90 Å². The first-order valence-electron chi connectivity index (χ1n) is 12.9. The predicted molar refractivity (Wildman–Crippen MR) is 125 cm³/mol. The largest absolute Gasteiger partial charge is 0.427 e. The predicted octanol–water partition coefficient (Wildman–Crippen LogP) is 2.34. The van der Waals surface area contributed by atoms with E-state index in [4.69, 9.17) is 9.57 Å². The van der Waals surface area contributed by atoms with Crippen molar-refractivity contribution < 1.29 is 37.9 Å². The summed E-state index contributed by atoms with van der Waals surface area (Å²) in [7, 11) is 0. The topological polar surface area (TPSA) is 114 Å². The maximum atomic E-state index is 14.5. The SMILES string of the molecule is O=CN(C[C@@H](CC1CCCC1)C(=O)N1C[C@H](F)C[C@H]1C(=O)N=c1ccc(F)cn1O)OC1CCCCO1. The van der Waals surface area contributed by atoms with E-state index in [0.29, 0.717) is 30.6 Å². The number of rotatable bonds is 9. The van der Waals surface area contributed by atoms with E-state index < -0.39 is 42.1 Å². The van der Waals surface area contributed by atoms with Gasteiger partial charge in [0.1, 0.15) is 18.0 Å². The summed E-state index contributed by atoms with van der Waals surface area (Å²) in [6.45, 7) is 0.212. The Kier molecular flexibility index (Phi) is 9.25. The van der Waals surface area contributed by atoms with Crippen LogP contribution in [0.4, 0.5) is 8.78 Å². The van der Waals surface area contributed by atoms with Crippen LogP contribution in [0.15, 0.2) is 23.3 Å². The molecule has 1 N–H and O–H groups in total. The van der Waals surface area contributed by atoms with Gasteiger partial charge in [0.2, 0.25) is 12.3 Å². The van der Waals surface area contributed by atoms with Gasteiger partial charge in [-0.25, -0.2) is 18.7 Å². The number of aromatic nitrogens is 1. The number of nitrogens with zero attached hydrogens (tertiary/aromatic N) is 4. The van der Waals surface area contributed by atoms with Gasteiger partial charge in [0, 0.05) is 19.4 Å². The number of hydrogen-bond acceptors (Lipinski definition) is 6. The lowest BCUT2D eigenvalue weighted by Gasteiger charge is -2.32. The summed E-state index contributed by atoms with van der Waals surface area (Å²) >= 11 is 0. The smallest absolute Gasteiger partial charge is 0.270 e. The van der Waals surface area contributed by atoms with Crippen molar-refractivity contribution in [2.45, 2.75) is 76.3 Å². The Morgan fingerprint density at radius 3 is 2.68 bits per heavy atom. The van der Waals surface area contributed by atoms with Crippen molar-refractivity contribution in [3.05, 3.63) is 29.6 Å². The van der Waals surface area contributed by atoms with Gasteiger partial charge in [-0.1, -0.05) is 25.7 Å². The van der Waals surface area contributed by atoms with Crippen molar-refractivity contribution in [2.75, 3.05) is 19.7 Å². The van der Waals surface area contributed by atoms with Crippen molar-refractivity contribution in [2.24, 2.45) is 16.8 Å². The fourth-order valence-corrected chi connectivity index (χ4v) is 5.40. The van der Waals surface area contributed by atoms with Gasteiger partial charge in [0.05, 0.1) is 25.2 Å². The highest BCUT2D eigenvalue weighted by atomic mass is 19.1. The molecule has 1 saturated carbocycles. The van der Waals surface area contributed by atoms with Gasteiger partial charge >= 0.3 is 0 Å². The quantitative estimate of drug-likeness (QED) is 0.301. The Morgan fingerprint density at radius 2 is 2.00 bits per heavy atom. The number of carbonyl (C=O) groups excluding carboxylic acids is 3. The number of ether oxygens (including phenoxy) is 1. The second-order valence-electron chi connectivity index (χ2n) is 10.0. The average Bonchev–Trinajstić information content (AvgIpc) is 3.54. The molecule has 12 heteroatoms. The summed E-state index contributed by atoms with van der Waals surface area (Å²) in [5, 5.41) is 10.9. The number of amides is 3. The molecular formula is C25H34F2N4O6. The van der Waals surface area contributed by atoms with Crippen LogP contribution in [0.3, 0.4) is 0 Å². The third-order valence-corrected chi connectivity index (χ3v) is 7.27. The molecule has 1 aliphatic carbocycles. The highest BCUT2D eigenvalue weighted by Crippen LogP contribution is 2.33. The van der Waals surface area contributed by atoms with E-state index in [-0.39, 0.29) is 30.9 Å². The molecule has 3 aliphatic rings. The first-order valence-corrected chi connectivity index (χ1v) is 12.9. The first kappa shape index (κ1) is 27.2. The molecule has 0 aromatic carbocycles. The number of hydrogen-bond donors (Lipinski definition) is 1. The van der Waals surface area contributed by atoms with E-state index >= 15 is 0 Å². The molecule has 1 aromatic heterocycles. The molecule has 4 atom stereocenters. The van der Waals surface area contributed by atoms with Gasteiger partial charge in [0.15, 0.2) is 11.8 Å². The molecule has 3 amide bonds. The number of pyridine rings is 1. The summed E-state index contributed by atoms with van der Waals surface area (Å²) in [5.74, 6) is -2.42. The molecule has 3 fully saturated rings. The third-order valence-electron chi connectivity index (χ3n) is 7.27. The minimum atomic E-state index is -1.43. The van der Waals surface area contributed by atoms with Crippen molar-refractivity contribution >= 4 is 18.2 Å². The monoisotopic (exact) mass is 524 g/mol. The Hall–Kier alpha value is -2.86. The molecular weight excluding hydrogens is 490 g/mol. The molecule has 2 aliphatic heterocycles. The second kappa shape index (κ2) is 12.6. The molecule has 10 nitrogen and oxygen atoms in total. The molecule has 1 unspecified atom stereocenters. The fraction of sp³-hybridized carbons (Fsp3) is 0.680. The minimum Gasteiger partial charge on any atom is -0.427 e. The number of likely N-dealkylation sites (tertiary alicyclic amines) is 1. The molecule has 0 bridgehead atoms. The van der Waals surface area contributed by atoms with Gasteiger partial charge in [-0.15, -0.1) is 0 Å². The van der Waals surface area contributed by atoms with Crippen LogP contribution < -0.4 is 5.49 Å². The van der Waals surface area contributed by atoms with Crippen LogP contribution in [0.5, 0.6) is 0 Å². The van der Waals surface area contributed by atoms with Gasteiger partial charge in [-0.3, -0.25) is 14.4 Å². The van der Waals surface area contributed by atoms with E-state index in [0.717, 1.165) is 61.9 Å². The third kappa shape index (κ3) is 7.13. The molecule has 2 saturated heterocycles. The lowest BCUT2D eigenvalue weighted by molar-refractivity contribution is -0.276. The Balaban J connectivity index is 1.52. The standard InChI is InChI=1S/C25H34F2N4O6/c26-19-8-9-22(31(35)15-19)28-24(33)21-12-20(27)14-30(21)25(34)18(11-17-5-1-2-6-17)13-29(16-32)37-23-7-3-4-10-36-23/h8-9,15-18,20-21,23,35H,1-7,10-14H2/t18-,20-,21+,23?/m1/s1. The van der Waals surface area contributed by atoms with Gasteiger partial charge < -0.3 is 14.8 Å². The van der Waals surface area contributed by atoms with Gasteiger partial charge in [-0.2, -0.15) is 9.72 Å². The van der Waals surface area contributed by atoms with E-state index in [2.05, 4.69) is 4.99 Å². The van der Waals surface area contributed by atoms with Gasteiger partial charge in [-0.05, 0) is 37.3 Å². The second-order valence-corrected chi connectivity index (χ2v) is 10.0. The summed E-state index contributed by atoms with van der Waals surface area (Å²) in [6.07, 6.45) is 6.00. The summed E-state index contributed by atoms with van der Waals surface area (Å²) in [6, 6.07) is 0.957. The van der Waals surface area contributed by atoms with Gasteiger partial charge in [0.25, 0.3) is 5.91 Å². The maximum absolute atomic E-state index is 14.5. The van der Waals surface area contributed by atoms with Crippen LogP contribution in [0.1, 0.15) is 57.8 Å². The van der Waals surface area contributed by atoms with Crippen LogP contribution in [-0.2, 0) is 24.0 Å². The zero-order valence-electron chi connectivity index (χ0n) is 20.7. The number of halogens is 2. The fourth-order valence-electron chi connectivity index (χ4n) is 5.40. The van der Waals surface area contributed by atoms with Crippen LogP contribution in [0.2, 0.25) is 0 Å². The number of alkyl halides is 1. The van der Waals surface area contributed by atoms with Crippen LogP contribution in [0.25, 0.3) is 0 Å². The average molecular weight is 525 g/mol. The summed E-state index contributed by atoms with van der Waals surface area (Å²) < 4.78 is 33.7. The highest BCUT2D eigenvalue weighted by molar-refractivity contribution is 5.90. The van der Waals surface area contributed by atoms with E-state index in [1.807, 2.05) is 0 Å². The maximum Gasteiger partial charge on any atom is 0.270 e. The normalized spacial score (nSPS) is 25.8. The molecule has 0 radical (unpaired) electrons. The number of carbonyl (C=O) groups is 3. The lowest BCUT2D eigenvalue weighted by Crippen LogP contribution is -2.47. The molecule has 1 aromatic rings. The Bertz CT molecular complexity index is 1020. The van der Waals surface area contributed by atoms with E-state index in [9.17, 15) is 28.4 Å². The highest BCUT2D eigenvalue weighted by Gasteiger charge is 2.43. The van der Waals surface area contributed by atoms with Crippen molar-refractivity contribution in [1.82, 2.24) is 14.7 Å². The van der Waals surface area contributed by atoms with Crippen LogP contribution in [0, 0.1) is 17.7 Å². The Labute approximate surface area is 213 Å². The Morgan fingerprint density at radius 1 is 1.24 bits per heavy atom.